The summed E-state index contributed by atoms with van der Waals surface area (Å²) in [5.41, 5.74) is 0.678. The summed E-state index contributed by atoms with van der Waals surface area (Å²) in [5.74, 6) is 1.07. The maximum atomic E-state index is 3.15. The monoisotopic (exact) mass is 170 g/mol. The highest BCUT2D eigenvalue weighted by Crippen LogP contribution is 2.64. The lowest BCUT2D eigenvalue weighted by Crippen LogP contribution is -2.36. The van der Waals surface area contributed by atoms with Gasteiger partial charge >= 0.3 is 0 Å². The first-order chi connectivity index (χ1) is 5.10. The van der Waals surface area contributed by atoms with E-state index in [1.807, 2.05) is 0 Å². The highest BCUT2D eigenvalue weighted by atomic mass is 31.0. The SMILES string of the molecule is CCC1(P)C[C@@H]2CCC1(C)C2. The second kappa shape index (κ2) is 2.22. The van der Waals surface area contributed by atoms with Crippen LogP contribution < -0.4 is 0 Å². The third-order valence-electron chi connectivity index (χ3n) is 4.33. The lowest BCUT2D eigenvalue weighted by molar-refractivity contribution is 0.239. The average Bonchev–Trinajstić information content (AvgIpc) is 2.42. The number of rotatable bonds is 1. The lowest BCUT2D eigenvalue weighted by Gasteiger charge is -2.41. The third kappa shape index (κ3) is 0.917. The minimum Gasteiger partial charge on any atom is -0.131 e. The molecule has 2 bridgehead atoms. The predicted molar refractivity (Wildman–Crippen MR) is 52.8 cm³/mol. The molecule has 4 atom stereocenters. The standard InChI is InChI=1S/C10H19P/c1-3-10(11)7-8-4-5-9(10,2)6-8/h8H,3-7,11H2,1-2H3/t8-,9?,10?/m1/s1. The quantitative estimate of drug-likeness (QED) is 0.530. The molecule has 0 aromatic heterocycles. The molecule has 0 heterocycles. The van der Waals surface area contributed by atoms with Crippen LogP contribution in [0, 0.1) is 11.3 Å². The van der Waals surface area contributed by atoms with Crippen molar-refractivity contribution in [3.8, 4) is 0 Å². The first-order valence-electron chi connectivity index (χ1n) is 4.88. The summed E-state index contributed by atoms with van der Waals surface area (Å²) in [4.78, 5) is 0. The van der Waals surface area contributed by atoms with E-state index >= 15 is 0 Å². The molecule has 0 amide bonds. The Morgan fingerprint density at radius 2 is 2.18 bits per heavy atom. The van der Waals surface area contributed by atoms with Crippen LogP contribution in [-0.2, 0) is 0 Å². The second-order valence-electron chi connectivity index (χ2n) is 4.88. The van der Waals surface area contributed by atoms with E-state index in [-0.39, 0.29) is 0 Å². The molecule has 0 aromatic carbocycles. The van der Waals surface area contributed by atoms with Crippen molar-refractivity contribution in [3.05, 3.63) is 0 Å². The summed E-state index contributed by atoms with van der Waals surface area (Å²) in [6.07, 6.45) is 7.32. The van der Waals surface area contributed by atoms with Gasteiger partial charge in [0.15, 0.2) is 0 Å². The van der Waals surface area contributed by atoms with Crippen molar-refractivity contribution in [2.45, 2.75) is 51.1 Å². The minimum absolute atomic E-state index is 0.607. The molecule has 0 N–H and O–H groups in total. The predicted octanol–water partition coefficient (Wildman–Crippen LogP) is 3.22. The van der Waals surface area contributed by atoms with Gasteiger partial charge in [0.05, 0.1) is 0 Å². The van der Waals surface area contributed by atoms with Crippen LogP contribution >= 0.6 is 9.24 Å². The largest absolute Gasteiger partial charge is 0.131 e. The Morgan fingerprint density at radius 3 is 2.45 bits per heavy atom. The van der Waals surface area contributed by atoms with Crippen molar-refractivity contribution in [2.24, 2.45) is 11.3 Å². The molecular formula is C10H19P. The van der Waals surface area contributed by atoms with Gasteiger partial charge in [-0.2, -0.15) is 0 Å². The summed E-state index contributed by atoms with van der Waals surface area (Å²) in [6, 6.07) is 0. The number of hydrogen-bond donors (Lipinski definition) is 0. The zero-order valence-electron chi connectivity index (χ0n) is 7.69. The van der Waals surface area contributed by atoms with Gasteiger partial charge < -0.3 is 0 Å². The molecule has 0 radical (unpaired) electrons. The number of hydrogen-bond acceptors (Lipinski definition) is 0. The van der Waals surface area contributed by atoms with Crippen molar-refractivity contribution in [1.29, 1.82) is 0 Å². The van der Waals surface area contributed by atoms with E-state index in [0.717, 1.165) is 5.92 Å². The van der Waals surface area contributed by atoms with Gasteiger partial charge in [0.1, 0.15) is 0 Å². The molecule has 3 unspecified atom stereocenters. The molecular weight excluding hydrogens is 151 g/mol. The fourth-order valence-corrected chi connectivity index (χ4v) is 3.92. The first-order valence-corrected chi connectivity index (χ1v) is 5.46. The Hall–Kier alpha value is 0.430. The van der Waals surface area contributed by atoms with Crippen LogP contribution in [0.2, 0.25) is 0 Å². The summed E-state index contributed by atoms with van der Waals surface area (Å²) in [6.45, 7) is 4.84. The van der Waals surface area contributed by atoms with E-state index in [1.54, 1.807) is 0 Å². The summed E-state index contributed by atoms with van der Waals surface area (Å²) < 4.78 is 0. The van der Waals surface area contributed by atoms with Gasteiger partial charge in [-0.25, -0.2) is 0 Å². The van der Waals surface area contributed by atoms with E-state index in [0.29, 0.717) is 10.6 Å². The van der Waals surface area contributed by atoms with Crippen molar-refractivity contribution in [2.75, 3.05) is 0 Å². The van der Waals surface area contributed by atoms with Crippen LogP contribution in [0.1, 0.15) is 46.0 Å². The highest BCUT2D eigenvalue weighted by molar-refractivity contribution is 7.19. The maximum absolute atomic E-state index is 3.15. The van der Waals surface area contributed by atoms with Gasteiger partial charge in [0, 0.05) is 0 Å². The third-order valence-corrected chi connectivity index (χ3v) is 5.67. The molecule has 2 saturated carbocycles. The Bertz CT molecular complexity index is 176. The lowest BCUT2D eigenvalue weighted by atomic mass is 9.74. The van der Waals surface area contributed by atoms with E-state index in [9.17, 15) is 0 Å². The van der Waals surface area contributed by atoms with Crippen molar-refractivity contribution < 1.29 is 0 Å². The molecule has 11 heavy (non-hydrogen) atoms. The van der Waals surface area contributed by atoms with Crippen molar-refractivity contribution in [3.63, 3.8) is 0 Å². The summed E-state index contributed by atoms with van der Waals surface area (Å²) in [7, 11) is 3.15. The van der Waals surface area contributed by atoms with Crippen LogP contribution in [-0.4, -0.2) is 5.16 Å². The first kappa shape index (κ1) is 8.05. The van der Waals surface area contributed by atoms with Crippen LogP contribution in [0.15, 0.2) is 0 Å². The molecule has 0 spiro atoms. The molecule has 0 nitrogen and oxygen atoms in total. The molecule has 0 saturated heterocycles. The van der Waals surface area contributed by atoms with Crippen molar-refractivity contribution >= 4 is 9.24 Å². The molecule has 0 aliphatic heterocycles. The second-order valence-corrected chi connectivity index (χ2v) is 5.99. The Morgan fingerprint density at radius 1 is 1.45 bits per heavy atom. The van der Waals surface area contributed by atoms with Crippen LogP contribution in [0.25, 0.3) is 0 Å². The van der Waals surface area contributed by atoms with Crippen molar-refractivity contribution in [1.82, 2.24) is 0 Å². The molecule has 2 aliphatic rings. The Balaban J connectivity index is 2.27. The minimum atomic E-state index is 0.607. The van der Waals surface area contributed by atoms with Gasteiger partial charge in [-0.3, -0.25) is 0 Å². The molecule has 1 heteroatoms. The summed E-state index contributed by atoms with van der Waals surface area (Å²) >= 11 is 0. The number of fused-ring (bicyclic) bond motifs is 2. The maximum Gasteiger partial charge on any atom is -0.00964 e. The average molecular weight is 170 g/mol. The van der Waals surface area contributed by atoms with Crippen LogP contribution in [0.3, 0.4) is 0 Å². The van der Waals surface area contributed by atoms with E-state index in [1.165, 1.54) is 32.1 Å². The summed E-state index contributed by atoms with van der Waals surface area (Å²) in [5, 5.41) is 0.607. The van der Waals surface area contributed by atoms with Gasteiger partial charge in [-0.1, -0.05) is 13.8 Å². The smallest absolute Gasteiger partial charge is 0.00964 e. The van der Waals surface area contributed by atoms with Gasteiger partial charge in [-0.15, -0.1) is 9.24 Å². The topological polar surface area (TPSA) is 0 Å². The molecule has 64 valence electrons. The van der Waals surface area contributed by atoms with Gasteiger partial charge in [0.2, 0.25) is 0 Å². The van der Waals surface area contributed by atoms with Crippen LogP contribution in [0.4, 0.5) is 0 Å². The Kier molecular flexibility index (Phi) is 1.63. The van der Waals surface area contributed by atoms with Crippen LogP contribution in [0.5, 0.6) is 0 Å². The molecule has 2 aliphatic carbocycles. The Labute approximate surface area is 72.3 Å². The zero-order chi connectivity index (χ0) is 8.11. The van der Waals surface area contributed by atoms with E-state index < -0.39 is 0 Å². The normalized spacial score (nSPS) is 55.4. The van der Waals surface area contributed by atoms with Gasteiger partial charge in [0.25, 0.3) is 0 Å². The van der Waals surface area contributed by atoms with E-state index in [4.69, 9.17) is 0 Å². The fraction of sp³-hybridized carbons (Fsp3) is 1.00. The molecule has 2 rings (SSSR count). The zero-order valence-corrected chi connectivity index (χ0v) is 8.84. The highest BCUT2D eigenvalue weighted by Gasteiger charge is 2.55. The molecule has 0 aromatic rings. The van der Waals surface area contributed by atoms with Gasteiger partial charge in [-0.05, 0) is 48.6 Å². The van der Waals surface area contributed by atoms with E-state index in [2.05, 4.69) is 23.1 Å². The fourth-order valence-electron chi connectivity index (χ4n) is 3.32. The molecule has 2 fully saturated rings.